The Balaban J connectivity index is 1.78. The monoisotopic (exact) mass is 254 g/mol. The number of ketones is 1. The van der Waals surface area contributed by atoms with E-state index in [9.17, 15) is 4.79 Å². The van der Waals surface area contributed by atoms with Gasteiger partial charge in [-0.05, 0) is 51.4 Å². The molecule has 0 unspecified atom stereocenters. The quantitative estimate of drug-likeness (QED) is 0.773. The lowest BCUT2D eigenvalue weighted by Crippen LogP contribution is -2.33. The summed E-state index contributed by atoms with van der Waals surface area (Å²) in [4.78, 5) is 12.5. The number of carbonyl (C=O) groups excluding carboxylic acids is 1. The summed E-state index contributed by atoms with van der Waals surface area (Å²) in [6, 6.07) is 0. The molecule has 0 aromatic heterocycles. The molecule has 2 rings (SSSR count). The minimum atomic E-state index is 0.306. The van der Waals surface area contributed by atoms with Crippen molar-refractivity contribution in [1.82, 2.24) is 0 Å². The van der Waals surface area contributed by atoms with Crippen molar-refractivity contribution in [3.8, 4) is 0 Å². The molecule has 2 saturated carbocycles. The molecule has 2 aliphatic carbocycles. The van der Waals surface area contributed by atoms with Crippen molar-refractivity contribution in [3.63, 3.8) is 0 Å². The van der Waals surface area contributed by atoms with Gasteiger partial charge in [-0.15, -0.1) is 0 Å². The van der Waals surface area contributed by atoms with Gasteiger partial charge in [-0.2, -0.15) is 0 Å². The standard InChI is InChI=1S/C15H26O3/c1-17-13-7-3-11(4-8-13)15(16)12-5-9-14(18-2)10-6-12/h11-14H,3-10H2,1-2H3/t11-,12-,13-,14-. The van der Waals surface area contributed by atoms with Crippen LogP contribution in [0.25, 0.3) is 0 Å². The molecule has 0 atom stereocenters. The second kappa shape index (κ2) is 6.67. The van der Waals surface area contributed by atoms with Gasteiger partial charge in [-0.3, -0.25) is 4.79 Å². The molecule has 0 aromatic rings. The third-order valence-electron chi connectivity index (χ3n) is 4.82. The second-order valence-corrected chi connectivity index (χ2v) is 5.82. The van der Waals surface area contributed by atoms with Crippen molar-refractivity contribution in [3.05, 3.63) is 0 Å². The highest BCUT2D eigenvalue weighted by Crippen LogP contribution is 2.34. The van der Waals surface area contributed by atoms with Gasteiger partial charge in [0.2, 0.25) is 0 Å². The Morgan fingerprint density at radius 2 is 1.06 bits per heavy atom. The van der Waals surface area contributed by atoms with E-state index in [2.05, 4.69) is 0 Å². The van der Waals surface area contributed by atoms with Crippen LogP contribution in [0.4, 0.5) is 0 Å². The lowest BCUT2D eigenvalue weighted by Gasteiger charge is -2.32. The number of carbonyl (C=O) groups is 1. The van der Waals surface area contributed by atoms with E-state index in [0.29, 0.717) is 29.8 Å². The predicted octanol–water partition coefficient (Wildman–Crippen LogP) is 2.97. The van der Waals surface area contributed by atoms with Gasteiger partial charge in [-0.1, -0.05) is 0 Å². The third kappa shape index (κ3) is 3.33. The molecule has 0 spiro atoms. The summed E-state index contributed by atoms with van der Waals surface area (Å²) < 4.78 is 10.7. The van der Waals surface area contributed by atoms with Crippen molar-refractivity contribution in [1.29, 1.82) is 0 Å². The Kier molecular flexibility index (Phi) is 5.19. The van der Waals surface area contributed by atoms with Crippen LogP contribution in [-0.2, 0) is 14.3 Å². The molecule has 0 heterocycles. The number of hydrogen-bond acceptors (Lipinski definition) is 3. The minimum Gasteiger partial charge on any atom is -0.381 e. The van der Waals surface area contributed by atoms with E-state index < -0.39 is 0 Å². The number of methoxy groups -OCH3 is 2. The number of Topliss-reactive ketones (excluding diaryl/α,β-unsaturated/α-hetero) is 1. The third-order valence-corrected chi connectivity index (χ3v) is 4.82. The lowest BCUT2D eigenvalue weighted by molar-refractivity contribution is -0.130. The van der Waals surface area contributed by atoms with E-state index in [1.807, 2.05) is 0 Å². The van der Waals surface area contributed by atoms with Crippen LogP contribution in [0.5, 0.6) is 0 Å². The summed E-state index contributed by atoms with van der Waals surface area (Å²) in [5.74, 6) is 1.14. The summed E-state index contributed by atoms with van der Waals surface area (Å²) >= 11 is 0. The van der Waals surface area contributed by atoms with E-state index in [-0.39, 0.29) is 0 Å². The van der Waals surface area contributed by atoms with Gasteiger partial charge in [0.1, 0.15) is 5.78 Å². The zero-order valence-corrected chi connectivity index (χ0v) is 11.7. The Labute approximate surface area is 110 Å². The van der Waals surface area contributed by atoms with E-state index in [0.717, 1.165) is 51.4 Å². The van der Waals surface area contributed by atoms with Crippen LogP contribution in [0.1, 0.15) is 51.4 Å². The van der Waals surface area contributed by atoms with Gasteiger partial charge in [0.05, 0.1) is 12.2 Å². The maximum absolute atomic E-state index is 12.5. The fourth-order valence-electron chi connectivity index (χ4n) is 3.50. The van der Waals surface area contributed by atoms with Gasteiger partial charge in [0, 0.05) is 26.1 Å². The second-order valence-electron chi connectivity index (χ2n) is 5.82. The van der Waals surface area contributed by atoms with Crippen molar-refractivity contribution < 1.29 is 14.3 Å². The van der Waals surface area contributed by atoms with Crippen molar-refractivity contribution in [2.24, 2.45) is 11.8 Å². The zero-order valence-electron chi connectivity index (χ0n) is 11.7. The van der Waals surface area contributed by atoms with E-state index in [1.54, 1.807) is 14.2 Å². The summed E-state index contributed by atoms with van der Waals surface area (Å²) in [6.07, 6.45) is 9.12. The predicted molar refractivity (Wildman–Crippen MR) is 70.5 cm³/mol. The lowest BCUT2D eigenvalue weighted by atomic mass is 9.75. The molecular formula is C15H26O3. The van der Waals surface area contributed by atoms with Crippen LogP contribution in [0.2, 0.25) is 0 Å². The first kappa shape index (κ1) is 14.0. The highest BCUT2D eigenvalue weighted by Gasteiger charge is 2.33. The molecule has 0 N–H and O–H groups in total. The van der Waals surface area contributed by atoms with Gasteiger partial charge in [0.25, 0.3) is 0 Å². The Morgan fingerprint density at radius 3 is 1.33 bits per heavy atom. The Hall–Kier alpha value is -0.410. The molecular weight excluding hydrogens is 228 g/mol. The van der Waals surface area contributed by atoms with Crippen molar-refractivity contribution in [2.75, 3.05) is 14.2 Å². The van der Waals surface area contributed by atoms with Crippen LogP contribution in [0.3, 0.4) is 0 Å². The van der Waals surface area contributed by atoms with Crippen molar-refractivity contribution >= 4 is 5.78 Å². The largest absolute Gasteiger partial charge is 0.381 e. The molecule has 0 aromatic carbocycles. The van der Waals surface area contributed by atoms with Crippen LogP contribution < -0.4 is 0 Å². The molecule has 104 valence electrons. The fraction of sp³-hybridized carbons (Fsp3) is 0.933. The first-order valence-electron chi connectivity index (χ1n) is 7.34. The average molecular weight is 254 g/mol. The SMILES string of the molecule is CO[C@H]1CC[C@H](C(=O)[C@H]2CC[C@H](OC)CC2)CC1. The van der Waals surface area contributed by atoms with Crippen molar-refractivity contribution in [2.45, 2.75) is 63.6 Å². The Bertz CT molecular complexity index is 235. The molecule has 0 radical (unpaired) electrons. The molecule has 3 heteroatoms. The first-order chi connectivity index (χ1) is 8.74. The molecule has 2 aliphatic rings. The molecule has 0 amide bonds. The number of rotatable bonds is 4. The molecule has 0 saturated heterocycles. The topological polar surface area (TPSA) is 35.5 Å². The fourth-order valence-corrected chi connectivity index (χ4v) is 3.50. The molecule has 3 nitrogen and oxygen atoms in total. The van der Waals surface area contributed by atoms with Gasteiger partial charge in [0.15, 0.2) is 0 Å². The van der Waals surface area contributed by atoms with E-state index >= 15 is 0 Å². The van der Waals surface area contributed by atoms with E-state index in [4.69, 9.17) is 9.47 Å². The average Bonchev–Trinajstić information content (AvgIpc) is 2.47. The number of hydrogen-bond donors (Lipinski definition) is 0. The smallest absolute Gasteiger partial charge is 0.139 e. The van der Waals surface area contributed by atoms with Crippen LogP contribution in [0.15, 0.2) is 0 Å². The normalized spacial score (nSPS) is 37.4. The maximum atomic E-state index is 12.5. The highest BCUT2D eigenvalue weighted by atomic mass is 16.5. The first-order valence-corrected chi connectivity index (χ1v) is 7.34. The van der Waals surface area contributed by atoms with Gasteiger partial charge >= 0.3 is 0 Å². The Morgan fingerprint density at radius 1 is 0.722 bits per heavy atom. The van der Waals surface area contributed by atoms with Crippen LogP contribution in [-0.4, -0.2) is 32.2 Å². The zero-order chi connectivity index (χ0) is 13.0. The van der Waals surface area contributed by atoms with Gasteiger partial charge < -0.3 is 9.47 Å². The van der Waals surface area contributed by atoms with Crippen LogP contribution in [0, 0.1) is 11.8 Å². The molecule has 2 fully saturated rings. The molecule has 0 aliphatic heterocycles. The van der Waals surface area contributed by atoms with Gasteiger partial charge in [-0.25, -0.2) is 0 Å². The summed E-state index contributed by atoms with van der Waals surface area (Å²) in [5, 5.41) is 0. The summed E-state index contributed by atoms with van der Waals surface area (Å²) in [7, 11) is 3.55. The van der Waals surface area contributed by atoms with E-state index in [1.165, 1.54) is 0 Å². The summed E-state index contributed by atoms with van der Waals surface area (Å²) in [6.45, 7) is 0. The summed E-state index contributed by atoms with van der Waals surface area (Å²) in [5.41, 5.74) is 0. The molecule has 0 bridgehead atoms. The van der Waals surface area contributed by atoms with Crippen LogP contribution >= 0.6 is 0 Å². The molecule has 18 heavy (non-hydrogen) atoms. The highest BCUT2D eigenvalue weighted by molar-refractivity contribution is 5.83. The minimum absolute atomic E-state index is 0.306. The maximum Gasteiger partial charge on any atom is 0.139 e. The number of ether oxygens (including phenoxy) is 2.